The van der Waals surface area contributed by atoms with Gasteiger partial charge in [0.05, 0.1) is 12.4 Å². The van der Waals surface area contributed by atoms with Gasteiger partial charge in [-0.25, -0.2) is 8.42 Å². The summed E-state index contributed by atoms with van der Waals surface area (Å²) < 4.78 is 53.0. The lowest BCUT2D eigenvalue weighted by molar-refractivity contribution is -0.174. The molecule has 2 aromatic carbocycles. The number of nitrogens with zero attached hydrogens (tertiary/aromatic N) is 1. The van der Waals surface area contributed by atoms with Crippen molar-refractivity contribution >= 4 is 46.2 Å². The molecule has 0 radical (unpaired) electrons. The van der Waals surface area contributed by atoms with Crippen LogP contribution in [0.15, 0.2) is 68.2 Å². The average Bonchev–Trinajstić information content (AvgIpc) is 3.11. The molecule has 3 aliphatic carbocycles. The number of allylic oxidation sites excluding steroid dienone is 1. The van der Waals surface area contributed by atoms with E-state index in [4.69, 9.17) is 17.7 Å². The van der Waals surface area contributed by atoms with Gasteiger partial charge in [0.25, 0.3) is 0 Å². The highest BCUT2D eigenvalue weighted by molar-refractivity contribution is 7.88. The van der Waals surface area contributed by atoms with Gasteiger partial charge in [0.2, 0.25) is 10.0 Å². The van der Waals surface area contributed by atoms with Crippen LogP contribution < -0.4 is 4.52 Å². The number of sulfonamides is 1. The molecule has 226 valence electrons. The molecule has 42 heavy (non-hydrogen) atoms. The third kappa shape index (κ3) is 4.97. The highest BCUT2D eigenvalue weighted by Crippen LogP contribution is 2.66. The molecule has 1 aromatic heterocycles. The summed E-state index contributed by atoms with van der Waals surface area (Å²) in [5.74, 6) is -0.369. The Morgan fingerprint density at radius 2 is 1.50 bits per heavy atom. The van der Waals surface area contributed by atoms with Crippen molar-refractivity contribution in [2.75, 3.05) is 13.3 Å². The quantitative estimate of drug-likeness (QED) is 0.265. The Bertz CT molecular complexity index is 1640. The molecule has 1 heterocycles. The summed E-state index contributed by atoms with van der Waals surface area (Å²) in [4.78, 5) is 14.4. The average molecular weight is 614 g/mol. The van der Waals surface area contributed by atoms with Crippen LogP contribution in [-0.4, -0.2) is 43.7 Å². The van der Waals surface area contributed by atoms with E-state index in [1.165, 1.54) is 17.0 Å². The van der Waals surface area contributed by atoms with E-state index in [1.54, 1.807) is 7.05 Å². The molecular weight excluding hydrogens is 573 g/mol. The molecule has 0 N–H and O–H groups in total. The summed E-state index contributed by atoms with van der Waals surface area (Å²) in [5, 5.41) is 1.79. The van der Waals surface area contributed by atoms with Crippen LogP contribution >= 0.6 is 8.24 Å². The van der Waals surface area contributed by atoms with Gasteiger partial charge in [0, 0.05) is 29.4 Å². The summed E-state index contributed by atoms with van der Waals surface area (Å²) in [7, 11) is -4.10. The minimum Gasteiger partial charge on any atom is -0.459 e. The third-order valence-electron chi connectivity index (χ3n) is 9.03. The molecule has 3 atom stereocenters. The molecular formula is C32H40NO7PS. The lowest BCUT2D eigenvalue weighted by atomic mass is 9.55. The summed E-state index contributed by atoms with van der Waals surface area (Å²) in [6.07, 6.45) is 7.12. The predicted octanol–water partition coefficient (Wildman–Crippen LogP) is 7.56. The van der Waals surface area contributed by atoms with E-state index >= 15 is 0 Å². The molecule has 10 heteroatoms. The fraction of sp³-hybridized carbons (Fsp3) is 0.531. The van der Waals surface area contributed by atoms with E-state index < -0.39 is 41.4 Å². The standard InChI is InChI=1S/C32H40NO7PS/c1-31(2,3)37-30(34)32-24(28(21-13-7-6-8-14-21)29(32)33(4)42(5,35)36)19-20-27(32)40-41-38-25-17-11-9-15-22(25)23-16-10-12-18-26(23)39-41/h9-12,15-18,21,24,27H,6-8,13-14,19-20H2,1-5H3/t24-,27-,32-/m0/s1. The zero-order valence-corrected chi connectivity index (χ0v) is 26.7. The van der Waals surface area contributed by atoms with E-state index in [1.807, 2.05) is 69.3 Å². The van der Waals surface area contributed by atoms with Crippen LogP contribution in [0.2, 0.25) is 0 Å². The lowest BCUT2D eigenvalue weighted by Crippen LogP contribution is -2.60. The Morgan fingerprint density at radius 3 is 2.05 bits per heavy atom. The molecule has 0 bridgehead atoms. The van der Waals surface area contributed by atoms with Crippen molar-refractivity contribution in [1.29, 1.82) is 0 Å². The zero-order valence-electron chi connectivity index (χ0n) is 25.0. The molecule has 0 unspecified atom stereocenters. The number of carbonyl (C=O) groups is 1. The first-order chi connectivity index (χ1) is 19.9. The van der Waals surface area contributed by atoms with Crippen molar-refractivity contribution in [1.82, 2.24) is 4.31 Å². The van der Waals surface area contributed by atoms with Gasteiger partial charge in [-0.2, -0.15) is 0 Å². The number of hydrogen-bond acceptors (Lipinski definition) is 7. The normalized spacial score (nSPS) is 24.9. The molecule has 3 aliphatic rings. The Kier molecular flexibility index (Phi) is 7.52. The predicted molar refractivity (Wildman–Crippen MR) is 164 cm³/mol. The topological polar surface area (TPSA) is 99.2 Å². The smallest absolute Gasteiger partial charge is 0.387 e. The fourth-order valence-corrected chi connectivity index (χ4v) is 9.10. The van der Waals surface area contributed by atoms with Gasteiger partial charge in [-0.05, 0) is 70.1 Å². The van der Waals surface area contributed by atoms with E-state index in [0.29, 0.717) is 29.7 Å². The van der Waals surface area contributed by atoms with Crippen molar-refractivity contribution in [3.8, 4) is 0 Å². The number of fused-ring (bicyclic) bond motifs is 4. The number of hydrogen-bond donors (Lipinski definition) is 0. The minimum atomic E-state index is -3.68. The van der Waals surface area contributed by atoms with Crippen LogP contribution in [0.1, 0.15) is 65.7 Å². The number of carbonyl (C=O) groups excluding carboxylic acids is 1. The van der Waals surface area contributed by atoms with Gasteiger partial charge in [0.15, 0.2) is 0 Å². The first kappa shape index (κ1) is 29.3. The van der Waals surface area contributed by atoms with Crippen LogP contribution in [0.3, 0.4) is 0 Å². The van der Waals surface area contributed by atoms with E-state index in [-0.39, 0.29) is 11.8 Å². The summed E-state index contributed by atoms with van der Waals surface area (Å²) in [6.45, 7) is 5.50. The molecule has 0 spiro atoms. The largest absolute Gasteiger partial charge is 0.459 e. The first-order valence-electron chi connectivity index (χ1n) is 14.8. The van der Waals surface area contributed by atoms with Crippen molar-refractivity contribution in [3.05, 3.63) is 59.8 Å². The molecule has 2 fully saturated rings. The Labute approximate surface area is 248 Å². The van der Waals surface area contributed by atoms with Gasteiger partial charge < -0.3 is 13.1 Å². The second-order valence-corrected chi connectivity index (χ2v) is 15.9. The summed E-state index contributed by atoms with van der Waals surface area (Å²) >= 11 is 0. The van der Waals surface area contributed by atoms with E-state index in [0.717, 1.165) is 42.0 Å². The molecule has 6 rings (SSSR count). The monoisotopic (exact) mass is 613 g/mol. The van der Waals surface area contributed by atoms with Crippen molar-refractivity contribution in [3.63, 3.8) is 0 Å². The van der Waals surface area contributed by atoms with Gasteiger partial charge in [-0.3, -0.25) is 13.6 Å². The van der Waals surface area contributed by atoms with Crippen LogP contribution in [0, 0.1) is 17.3 Å². The van der Waals surface area contributed by atoms with Gasteiger partial charge >= 0.3 is 14.2 Å². The van der Waals surface area contributed by atoms with Crippen molar-refractivity contribution < 1.29 is 30.9 Å². The SMILES string of the molecule is CN(C1=C(C2CCCCC2)[C@@H]2CC[C@H](Op3oc4ccccc4c4ccccc4o3)[C@]12C(=O)OC(C)(C)C)S(C)(=O)=O. The Morgan fingerprint density at radius 1 is 0.929 bits per heavy atom. The Hall–Kier alpha value is -2.74. The maximum atomic E-state index is 14.4. The van der Waals surface area contributed by atoms with Crippen molar-refractivity contribution in [2.24, 2.45) is 17.3 Å². The molecule has 0 saturated heterocycles. The second-order valence-electron chi connectivity index (χ2n) is 12.9. The van der Waals surface area contributed by atoms with Crippen LogP contribution in [0.4, 0.5) is 0 Å². The highest BCUT2D eigenvalue weighted by Gasteiger charge is 2.71. The Balaban J connectivity index is 1.53. The minimum absolute atomic E-state index is 0.166. The number of benzene rings is 2. The molecule has 8 nitrogen and oxygen atoms in total. The number of ether oxygens (including phenoxy) is 1. The molecule has 0 amide bonds. The molecule has 2 saturated carbocycles. The summed E-state index contributed by atoms with van der Waals surface area (Å²) in [6, 6.07) is 15.4. The van der Waals surface area contributed by atoms with E-state index in [2.05, 4.69) is 0 Å². The van der Waals surface area contributed by atoms with E-state index in [9.17, 15) is 13.2 Å². The first-order valence-corrected chi connectivity index (χ1v) is 17.8. The van der Waals surface area contributed by atoms with Gasteiger partial charge in [-0.15, -0.1) is 0 Å². The van der Waals surface area contributed by atoms with Gasteiger partial charge in [-0.1, -0.05) is 55.7 Å². The number of para-hydroxylation sites is 2. The number of esters is 1. The number of rotatable bonds is 6. The fourth-order valence-electron chi connectivity index (χ4n) is 7.27. The molecule has 0 aliphatic heterocycles. The second kappa shape index (κ2) is 10.8. The van der Waals surface area contributed by atoms with Crippen molar-refractivity contribution in [2.45, 2.75) is 77.4 Å². The maximum Gasteiger partial charge on any atom is 0.387 e. The lowest BCUT2D eigenvalue weighted by Gasteiger charge is -2.54. The van der Waals surface area contributed by atoms with Crippen LogP contribution in [0.25, 0.3) is 21.9 Å². The zero-order chi connectivity index (χ0) is 29.9. The highest BCUT2D eigenvalue weighted by atomic mass is 32.2. The maximum absolute atomic E-state index is 14.4. The molecule has 3 aromatic rings. The van der Waals surface area contributed by atoms with Gasteiger partial charge in [0.1, 0.15) is 22.2 Å². The third-order valence-corrected chi connectivity index (χ3v) is 11.3. The van der Waals surface area contributed by atoms with Crippen LogP contribution in [-0.2, 0) is 19.6 Å². The summed E-state index contributed by atoms with van der Waals surface area (Å²) in [5.41, 5.74) is 0.843. The van der Waals surface area contributed by atoms with Crippen LogP contribution in [0.5, 0.6) is 0 Å².